The lowest BCUT2D eigenvalue weighted by Crippen LogP contribution is -2.29. The summed E-state index contributed by atoms with van der Waals surface area (Å²) in [5, 5.41) is 28.1. The predicted octanol–water partition coefficient (Wildman–Crippen LogP) is 2.76. The molecule has 0 aliphatic carbocycles. The Hall–Kier alpha value is -3.10. The quantitative estimate of drug-likeness (QED) is 0.866. The third-order valence-corrected chi connectivity index (χ3v) is 3.50. The Labute approximate surface area is 121 Å². The average Bonchev–Trinajstić information content (AvgIpc) is 2.91. The van der Waals surface area contributed by atoms with Gasteiger partial charge in [-0.1, -0.05) is 12.1 Å². The van der Waals surface area contributed by atoms with Crippen LogP contribution in [0.5, 0.6) is 0 Å². The number of hydrogen-bond donors (Lipinski definition) is 0. The minimum atomic E-state index is -1.37. The second kappa shape index (κ2) is 5.49. The van der Waals surface area contributed by atoms with Crippen LogP contribution in [0.4, 0.5) is 4.39 Å². The highest BCUT2D eigenvalue weighted by Gasteiger charge is 2.39. The van der Waals surface area contributed by atoms with Gasteiger partial charge in [0, 0.05) is 18.9 Å². The zero-order valence-electron chi connectivity index (χ0n) is 11.3. The van der Waals surface area contributed by atoms with Gasteiger partial charge in [-0.3, -0.25) is 0 Å². The summed E-state index contributed by atoms with van der Waals surface area (Å²) < 4.78 is 15.6. The highest BCUT2D eigenvalue weighted by atomic mass is 19.1. The average molecular weight is 278 g/mol. The van der Waals surface area contributed by atoms with Crippen molar-refractivity contribution in [1.29, 1.82) is 15.8 Å². The van der Waals surface area contributed by atoms with E-state index in [1.165, 1.54) is 18.2 Å². The Morgan fingerprint density at radius 1 is 1.19 bits per heavy atom. The molecule has 1 aromatic heterocycles. The van der Waals surface area contributed by atoms with Crippen LogP contribution in [-0.4, -0.2) is 4.57 Å². The van der Waals surface area contributed by atoms with Gasteiger partial charge in [0.2, 0.25) is 0 Å². The molecule has 0 aliphatic heterocycles. The van der Waals surface area contributed by atoms with Crippen LogP contribution in [0, 0.1) is 39.8 Å². The van der Waals surface area contributed by atoms with Crippen molar-refractivity contribution < 1.29 is 4.39 Å². The van der Waals surface area contributed by atoms with E-state index in [0.29, 0.717) is 5.69 Å². The van der Waals surface area contributed by atoms with Crippen LogP contribution in [0.1, 0.15) is 23.2 Å². The molecule has 0 saturated heterocycles. The molecule has 5 heteroatoms. The van der Waals surface area contributed by atoms with Gasteiger partial charge in [-0.2, -0.15) is 15.8 Å². The third-order valence-electron chi connectivity index (χ3n) is 3.50. The van der Waals surface area contributed by atoms with Crippen molar-refractivity contribution in [1.82, 2.24) is 4.57 Å². The van der Waals surface area contributed by atoms with Gasteiger partial charge >= 0.3 is 0 Å². The number of aromatic nitrogens is 1. The molecule has 102 valence electrons. The van der Waals surface area contributed by atoms with Crippen LogP contribution < -0.4 is 0 Å². The molecule has 0 bridgehead atoms. The van der Waals surface area contributed by atoms with Crippen LogP contribution in [0.2, 0.25) is 0 Å². The summed E-state index contributed by atoms with van der Waals surface area (Å²) in [7, 11) is 1.74. The van der Waals surface area contributed by atoms with Crippen molar-refractivity contribution in [2.24, 2.45) is 7.05 Å². The highest BCUT2D eigenvalue weighted by molar-refractivity contribution is 5.53. The molecule has 0 aliphatic rings. The maximum Gasteiger partial charge on any atom is 0.141 e. The SMILES string of the molecule is Cn1cccc1[C@](C#N)(CC#N)c1cccc(F)c1C#N. The molecule has 1 heterocycles. The lowest BCUT2D eigenvalue weighted by atomic mass is 9.74. The topological polar surface area (TPSA) is 76.3 Å². The fraction of sp³-hybridized carbons (Fsp3) is 0.188. The minimum absolute atomic E-state index is 0.167. The second-order valence-corrected chi connectivity index (χ2v) is 4.63. The number of rotatable bonds is 3. The minimum Gasteiger partial charge on any atom is -0.353 e. The van der Waals surface area contributed by atoms with Gasteiger partial charge in [0.25, 0.3) is 0 Å². The number of hydrogen-bond acceptors (Lipinski definition) is 3. The van der Waals surface area contributed by atoms with Crippen molar-refractivity contribution >= 4 is 0 Å². The monoisotopic (exact) mass is 278 g/mol. The van der Waals surface area contributed by atoms with E-state index in [1.54, 1.807) is 36.0 Å². The molecule has 0 N–H and O–H groups in total. The molecule has 21 heavy (non-hydrogen) atoms. The Bertz CT molecular complexity index is 801. The third kappa shape index (κ3) is 2.14. The molecular formula is C16H11FN4. The van der Waals surface area contributed by atoms with Gasteiger partial charge in [-0.15, -0.1) is 0 Å². The first-order chi connectivity index (χ1) is 10.1. The molecular weight excluding hydrogens is 267 g/mol. The van der Waals surface area contributed by atoms with Crippen LogP contribution in [0.15, 0.2) is 36.5 Å². The first kappa shape index (κ1) is 14.3. The Kier molecular flexibility index (Phi) is 3.74. The van der Waals surface area contributed by atoms with Crippen molar-refractivity contribution in [3.8, 4) is 18.2 Å². The van der Waals surface area contributed by atoms with E-state index in [4.69, 9.17) is 5.26 Å². The summed E-state index contributed by atoms with van der Waals surface area (Å²) >= 11 is 0. The van der Waals surface area contributed by atoms with Crippen LogP contribution in [0.3, 0.4) is 0 Å². The molecule has 0 spiro atoms. The van der Waals surface area contributed by atoms with Crippen LogP contribution in [0.25, 0.3) is 0 Å². The van der Waals surface area contributed by atoms with E-state index in [2.05, 4.69) is 6.07 Å². The van der Waals surface area contributed by atoms with E-state index >= 15 is 0 Å². The van der Waals surface area contributed by atoms with E-state index in [-0.39, 0.29) is 17.5 Å². The zero-order valence-corrected chi connectivity index (χ0v) is 11.3. The Morgan fingerprint density at radius 2 is 1.95 bits per heavy atom. The second-order valence-electron chi connectivity index (χ2n) is 4.63. The number of nitriles is 3. The van der Waals surface area contributed by atoms with Crippen LogP contribution in [-0.2, 0) is 12.5 Å². The molecule has 1 aromatic carbocycles. The van der Waals surface area contributed by atoms with Crippen LogP contribution >= 0.6 is 0 Å². The van der Waals surface area contributed by atoms with Gasteiger partial charge in [0.15, 0.2) is 0 Å². The lowest BCUT2D eigenvalue weighted by Gasteiger charge is -2.26. The van der Waals surface area contributed by atoms with Crippen molar-refractivity contribution in [3.05, 3.63) is 59.2 Å². The summed E-state index contributed by atoms with van der Waals surface area (Å²) in [6, 6.07) is 13.5. The molecule has 1 atom stereocenters. The van der Waals surface area contributed by atoms with Crippen molar-refractivity contribution in [3.63, 3.8) is 0 Å². The maximum absolute atomic E-state index is 13.9. The molecule has 0 radical (unpaired) electrons. The molecule has 0 unspecified atom stereocenters. The summed E-state index contributed by atoms with van der Waals surface area (Å²) in [5.41, 5.74) is -0.805. The van der Waals surface area contributed by atoms with Gasteiger partial charge < -0.3 is 4.57 Å². The number of nitrogens with zero attached hydrogens (tertiary/aromatic N) is 4. The highest BCUT2D eigenvalue weighted by Crippen LogP contribution is 2.37. The van der Waals surface area contributed by atoms with E-state index in [1.807, 2.05) is 6.07 Å². The molecule has 0 fully saturated rings. The smallest absolute Gasteiger partial charge is 0.141 e. The summed E-state index contributed by atoms with van der Waals surface area (Å²) in [5.74, 6) is -0.693. The van der Waals surface area contributed by atoms with Gasteiger partial charge in [-0.05, 0) is 23.8 Å². The summed E-state index contributed by atoms with van der Waals surface area (Å²) in [6.45, 7) is 0. The number of halogens is 1. The predicted molar refractivity (Wildman–Crippen MR) is 73.2 cm³/mol. The molecule has 0 amide bonds. The molecule has 2 aromatic rings. The van der Waals surface area contributed by atoms with Gasteiger partial charge in [-0.25, -0.2) is 4.39 Å². The number of aryl methyl sites for hydroxylation is 1. The normalized spacial score (nSPS) is 12.7. The molecule has 2 rings (SSSR count). The first-order valence-corrected chi connectivity index (χ1v) is 6.20. The molecule has 0 saturated carbocycles. The fourth-order valence-electron chi connectivity index (χ4n) is 2.50. The van der Waals surface area contributed by atoms with Crippen molar-refractivity contribution in [2.45, 2.75) is 11.8 Å². The van der Waals surface area contributed by atoms with E-state index < -0.39 is 11.2 Å². The van der Waals surface area contributed by atoms with Gasteiger partial charge in [0.1, 0.15) is 17.3 Å². The van der Waals surface area contributed by atoms with Gasteiger partial charge in [0.05, 0.1) is 24.1 Å². The van der Waals surface area contributed by atoms with E-state index in [0.717, 1.165) is 0 Å². The number of benzene rings is 1. The fourth-order valence-corrected chi connectivity index (χ4v) is 2.50. The zero-order chi connectivity index (χ0) is 15.5. The Morgan fingerprint density at radius 3 is 2.48 bits per heavy atom. The lowest BCUT2D eigenvalue weighted by molar-refractivity contribution is 0.588. The standard InChI is InChI=1S/C16H11FN4/c1-21-9-3-6-15(21)16(11-20,7-8-18)13-4-2-5-14(17)12(13)10-19/h2-6,9H,7H2,1H3/t16-/m0/s1. The first-order valence-electron chi connectivity index (χ1n) is 6.20. The molecule has 4 nitrogen and oxygen atoms in total. The summed E-state index contributed by atoms with van der Waals surface area (Å²) in [4.78, 5) is 0. The maximum atomic E-state index is 13.9. The summed E-state index contributed by atoms with van der Waals surface area (Å²) in [6.07, 6.45) is 1.57. The Balaban J connectivity index is 2.84. The van der Waals surface area contributed by atoms with Crippen molar-refractivity contribution in [2.75, 3.05) is 0 Å². The largest absolute Gasteiger partial charge is 0.353 e. The van der Waals surface area contributed by atoms with E-state index in [9.17, 15) is 14.9 Å².